The van der Waals surface area contributed by atoms with Crippen LogP contribution in [-0.2, 0) is 11.3 Å². The number of methoxy groups -OCH3 is 1. The number of carbonyl (C=O) groups is 1. The van der Waals surface area contributed by atoms with E-state index in [2.05, 4.69) is 30.2 Å². The van der Waals surface area contributed by atoms with Gasteiger partial charge >= 0.3 is 0 Å². The van der Waals surface area contributed by atoms with E-state index in [4.69, 9.17) is 9.47 Å². The van der Waals surface area contributed by atoms with E-state index in [-0.39, 0.29) is 5.91 Å². The van der Waals surface area contributed by atoms with Crippen LogP contribution in [0, 0.1) is 6.92 Å². The number of aromatic nitrogens is 1. The fourth-order valence-corrected chi connectivity index (χ4v) is 2.99. The zero-order valence-corrected chi connectivity index (χ0v) is 17.2. The Kier molecular flexibility index (Phi) is 6.62. The fraction of sp³-hybridized carbons (Fsp3) is 0.250. The summed E-state index contributed by atoms with van der Waals surface area (Å²) in [5.74, 6) is 1.65. The third-order valence-corrected chi connectivity index (χ3v) is 4.53. The maximum absolute atomic E-state index is 12.7. The first-order valence-electron chi connectivity index (χ1n) is 9.61. The van der Waals surface area contributed by atoms with Crippen LogP contribution in [0.2, 0.25) is 0 Å². The van der Waals surface area contributed by atoms with Crippen molar-refractivity contribution in [1.29, 1.82) is 0 Å². The molecule has 0 atom stereocenters. The predicted molar refractivity (Wildman–Crippen MR) is 115 cm³/mol. The number of hydrogen-bond donors (Lipinski definition) is 1. The zero-order chi connectivity index (χ0) is 20.8. The molecule has 5 heteroatoms. The van der Waals surface area contributed by atoms with Crippen LogP contribution in [0.5, 0.6) is 11.5 Å². The fourth-order valence-electron chi connectivity index (χ4n) is 2.99. The third-order valence-electron chi connectivity index (χ3n) is 4.53. The van der Waals surface area contributed by atoms with Gasteiger partial charge in [0.1, 0.15) is 11.5 Å². The van der Waals surface area contributed by atoms with Crippen LogP contribution in [0.4, 0.5) is 5.69 Å². The maximum Gasteiger partial charge on any atom is 0.257 e. The van der Waals surface area contributed by atoms with Crippen molar-refractivity contribution in [2.75, 3.05) is 12.4 Å². The van der Waals surface area contributed by atoms with Crippen LogP contribution in [0.3, 0.4) is 0 Å². The number of benzene rings is 2. The molecule has 0 bridgehead atoms. The van der Waals surface area contributed by atoms with Gasteiger partial charge in [0.2, 0.25) is 0 Å². The van der Waals surface area contributed by atoms with Crippen molar-refractivity contribution >= 4 is 11.6 Å². The molecule has 0 spiro atoms. The predicted octanol–water partition coefficient (Wildman–Crippen LogP) is 5.70. The molecule has 1 N–H and O–H groups in total. The molecule has 3 aromatic rings. The summed E-state index contributed by atoms with van der Waals surface area (Å²) in [5, 5.41) is 2.92. The Balaban J connectivity index is 1.73. The molecular weight excluding hydrogens is 364 g/mol. The molecule has 0 aliphatic rings. The second-order valence-corrected chi connectivity index (χ2v) is 7.18. The molecule has 0 unspecified atom stereocenters. The third kappa shape index (κ3) is 5.42. The van der Waals surface area contributed by atoms with Gasteiger partial charge in [0.25, 0.3) is 5.91 Å². The summed E-state index contributed by atoms with van der Waals surface area (Å²) in [6.45, 7) is 6.53. The van der Waals surface area contributed by atoms with Gasteiger partial charge in [0, 0.05) is 18.9 Å². The highest BCUT2D eigenvalue weighted by Crippen LogP contribution is 2.27. The number of anilines is 1. The van der Waals surface area contributed by atoms with E-state index in [0.717, 1.165) is 11.4 Å². The summed E-state index contributed by atoms with van der Waals surface area (Å²) >= 11 is 0. The van der Waals surface area contributed by atoms with Gasteiger partial charge in [0.05, 0.1) is 23.6 Å². The molecular formula is C24H26N2O3. The number of nitrogens with zero attached hydrogens (tertiary/aromatic N) is 1. The molecule has 1 heterocycles. The molecule has 5 nitrogen and oxygen atoms in total. The summed E-state index contributed by atoms with van der Waals surface area (Å²) in [6, 6.07) is 19.0. The number of carbonyl (C=O) groups excluding carboxylic acids is 1. The SMILES string of the molecule is COCc1ccc(C(=O)Nc2cccc(Oc3cccc(C(C)C)c3)c2)c(C)n1. The lowest BCUT2D eigenvalue weighted by Gasteiger charge is -2.12. The Hall–Kier alpha value is -3.18. The van der Waals surface area contributed by atoms with Gasteiger partial charge in [-0.1, -0.05) is 32.0 Å². The second-order valence-electron chi connectivity index (χ2n) is 7.18. The van der Waals surface area contributed by atoms with E-state index in [1.165, 1.54) is 5.56 Å². The maximum atomic E-state index is 12.7. The topological polar surface area (TPSA) is 60.5 Å². The summed E-state index contributed by atoms with van der Waals surface area (Å²) < 4.78 is 11.1. The van der Waals surface area contributed by atoms with Crippen molar-refractivity contribution in [1.82, 2.24) is 4.98 Å². The van der Waals surface area contributed by atoms with Gasteiger partial charge in [-0.3, -0.25) is 9.78 Å². The molecule has 0 aliphatic carbocycles. The molecule has 150 valence electrons. The first kappa shape index (κ1) is 20.6. The summed E-state index contributed by atoms with van der Waals surface area (Å²) in [4.78, 5) is 17.1. The van der Waals surface area contributed by atoms with Gasteiger partial charge in [-0.2, -0.15) is 0 Å². The highest BCUT2D eigenvalue weighted by Gasteiger charge is 2.12. The van der Waals surface area contributed by atoms with Crippen molar-refractivity contribution < 1.29 is 14.3 Å². The van der Waals surface area contributed by atoms with E-state index >= 15 is 0 Å². The quantitative estimate of drug-likeness (QED) is 0.562. The number of amides is 1. The highest BCUT2D eigenvalue weighted by atomic mass is 16.5. The second kappa shape index (κ2) is 9.34. The molecule has 0 radical (unpaired) electrons. The average molecular weight is 390 g/mol. The van der Waals surface area contributed by atoms with Gasteiger partial charge in [-0.25, -0.2) is 0 Å². The number of ether oxygens (including phenoxy) is 2. The molecule has 0 fully saturated rings. The molecule has 1 amide bonds. The average Bonchev–Trinajstić information content (AvgIpc) is 2.68. The number of nitrogens with one attached hydrogen (secondary N) is 1. The highest BCUT2D eigenvalue weighted by molar-refractivity contribution is 6.05. The molecule has 0 saturated carbocycles. The first-order chi connectivity index (χ1) is 14.0. The minimum atomic E-state index is -0.210. The lowest BCUT2D eigenvalue weighted by molar-refractivity contribution is 0.102. The lowest BCUT2D eigenvalue weighted by atomic mass is 10.0. The van der Waals surface area contributed by atoms with Crippen LogP contribution in [0.1, 0.15) is 47.1 Å². The number of rotatable bonds is 7. The minimum absolute atomic E-state index is 0.210. The monoisotopic (exact) mass is 390 g/mol. The summed E-state index contributed by atoms with van der Waals surface area (Å²) in [5.41, 5.74) is 3.86. The van der Waals surface area contributed by atoms with Crippen LogP contribution < -0.4 is 10.1 Å². The number of aryl methyl sites for hydroxylation is 1. The Bertz CT molecular complexity index is 999. The molecule has 29 heavy (non-hydrogen) atoms. The smallest absolute Gasteiger partial charge is 0.257 e. The van der Waals surface area contributed by atoms with E-state index in [0.29, 0.717) is 35.2 Å². The Labute approximate surface area is 171 Å². The van der Waals surface area contributed by atoms with Crippen molar-refractivity contribution in [2.24, 2.45) is 0 Å². The summed E-state index contributed by atoms with van der Waals surface area (Å²) in [7, 11) is 1.62. The number of hydrogen-bond acceptors (Lipinski definition) is 4. The summed E-state index contributed by atoms with van der Waals surface area (Å²) in [6.07, 6.45) is 0. The Morgan fingerprint density at radius 2 is 1.76 bits per heavy atom. The van der Waals surface area contributed by atoms with Gasteiger partial charge < -0.3 is 14.8 Å². The van der Waals surface area contributed by atoms with E-state index in [1.807, 2.05) is 49.4 Å². The van der Waals surface area contributed by atoms with Crippen molar-refractivity contribution in [3.63, 3.8) is 0 Å². The Morgan fingerprint density at radius 1 is 1.03 bits per heavy atom. The van der Waals surface area contributed by atoms with E-state index in [9.17, 15) is 4.79 Å². The first-order valence-corrected chi connectivity index (χ1v) is 9.61. The van der Waals surface area contributed by atoms with Gasteiger partial charge in [-0.15, -0.1) is 0 Å². The number of pyridine rings is 1. The van der Waals surface area contributed by atoms with Crippen molar-refractivity contribution in [3.05, 3.63) is 83.2 Å². The van der Waals surface area contributed by atoms with Gasteiger partial charge in [0.15, 0.2) is 0 Å². The molecule has 2 aromatic carbocycles. The van der Waals surface area contributed by atoms with Crippen molar-refractivity contribution in [2.45, 2.75) is 33.3 Å². The van der Waals surface area contributed by atoms with Gasteiger partial charge in [-0.05, 0) is 54.8 Å². The molecule has 3 rings (SSSR count). The van der Waals surface area contributed by atoms with E-state index < -0.39 is 0 Å². The molecule has 0 aliphatic heterocycles. The molecule has 0 saturated heterocycles. The standard InChI is InChI=1S/C24H26N2O3/c1-16(2)18-7-5-9-21(13-18)29-22-10-6-8-19(14-22)26-24(27)23-12-11-20(15-28-4)25-17(23)3/h5-14,16H,15H2,1-4H3,(H,26,27). The minimum Gasteiger partial charge on any atom is -0.457 e. The van der Waals surface area contributed by atoms with Crippen molar-refractivity contribution in [3.8, 4) is 11.5 Å². The molecule has 1 aromatic heterocycles. The van der Waals surface area contributed by atoms with E-state index in [1.54, 1.807) is 19.2 Å². The zero-order valence-electron chi connectivity index (χ0n) is 17.2. The van der Waals surface area contributed by atoms with Crippen LogP contribution in [0.25, 0.3) is 0 Å². The lowest BCUT2D eigenvalue weighted by Crippen LogP contribution is -2.14. The normalized spacial score (nSPS) is 10.8. The van der Waals surface area contributed by atoms with Crippen LogP contribution in [-0.4, -0.2) is 18.0 Å². The van der Waals surface area contributed by atoms with Crippen LogP contribution in [0.15, 0.2) is 60.7 Å². The Morgan fingerprint density at radius 3 is 2.45 bits per heavy atom. The van der Waals surface area contributed by atoms with Crippen LogP contribution >= 0.6 is 0 Å². The largest absolute Gasteiger partial charge is 0.457 e.